The van der Waals surface area contributed by atoms with Gasteiger partial charge in [0, 0.05) is 0 Å². The van der Waals surface area contributed by atoms with Gasteiger partial charge in [0.1, 0.15) is 5.75 Å². The van der Waals surface area contributed by atoms with Crippen molar-refractivity contribution in [3.63, 3.8) is 0 Å². The van der Waals surface area contributed by atoms with Crippen LogP contribution in [0.15, 0.2) is 0 Å². The second kappa shape index (κ2) is 5.60. The molecule has 5 nitrogen and oxygen atoms in total. The van der Waals surface area contributed by atoms with E-state index in [-0.39, 0.29) is 13.0 Å². The van der Waals surface area contributed by atoms with Crippen LogP contribution in [-0.4, -0.2) is 32.0 Å². The number of carbonyl (C=O) groups is 1. The highest BCUT2D eigenvalue weighted by Crippen LogP contribution is 2.08. The van der Waals surface area contributed by atoms with E-state index < -0.39 is 26.8 Å². The van der Waals surface area contributed by atoms with Gasteiger partial charge < -0.3 is 4.74 Å². The number of nitrogens with zero attached hydrogens (tertiary/aromatic N) is 1. The lowest BCUT2D eigenvalue weighted by Gasteiger charge is -2.11. The summed E-state index contributed by atoms with van der Waals surface area (Å²) in [7, 11) is -3.68. The second-order valence-corrected chi connectivity index (χ2v) is 4.80. The third-order valence-corrected chi connectivity index (χ3v) is 3.54. The number of carbonyl (C=O) groups excluding carboxylic acids is 1. The SMILES string of the molecule is CCOC(=O)C(CC)S(=O)(=O)CC#N. The highest BCUT2D eigenvalue weighted by Gasteiger charge is 2.31. The van der Waals surface area contributed by atoms with Crippen LogP contribution < -0.4 is 0 Å². The van der Waals surface area contributed by atoms with Crippen LogP contribution >= 0.6 is 0 Å². The Labute approximate surface area is 83.6 Å². The average Bonchev–Trinajstić information content (AvgIpc) is 2.04. The molecular formula is C8H13NO4S. The zero-order chi connectivity index (χ0) is 11.2. The van der Waals surface area contributed by atoms with E-state index >= 15 is 0 Å². The van der Waals surface area contributed by atoms with Gasteiger partial charge >= 0.3 is 5.97 Å². The van der Waals surface area contributed by atoms with Gasteiger partial charge in [0.05, 0.1) is 12.7 Å². The van der Waals surface area contributed by atoms with Crippen LogP contribution in [0.25, 0.3) is 0 Å². The standard InChI is InChI=1S/C8H13NO4S/c1-3-7(8(10)13-4-2)14(11,12)6-5-9/h7H,3-4,6H2,1-2H3. The Morgan fingerprint density at radius 3 is 2.43 bits per heavy atom. The van der Waals surface area contributed by atoms with Crippen LogP contribution in [-0.2, 0) is 19.4 Å². The maximum absolute atomic E-state index is 11.4. The molecule has 0 amide bonds. The molecule has 0 heterocycles. The topological polar surface area (TPSA) is 84.2 Å². The van der Waals surface area contributed by atoms with Gasteiger partial charge in [-0.1, -0.05) is 6.92 Å². The number of sulfone groups is 1. The Morgan fingerprint density at radius 1 is 1.50 bits per heavy atom. The van der Waals surface area contributed by atoms with Gasteiger partial charge in [-0.25, -0.2) is 8.42 Å². The Balaban J connectivity index is 4.74. The molecule has 0 spiro atoms. The predicted molar refractivity (Wildman–Crippen MR) is 50.1 cm³/mol. The number of hydrogen-bond acceptors (Lipinski definition) is 5. The molecule has 0 aliphatic heterocycles. The molecule has 0 aliphatic rings. The fraction of sp³-hybridized carbons (Fsp3) is 0.750. The number of ether oxygens (including phenoxy) is 1. The van der Waals surface area contributed by atoms with Crippen LogP contribution in [0, 0.1) is 11.3 Å². The molecule has 0 saturated carbocycles. The van der Waals surface area contributed by atoms with Gasteiger partial charge in [-0.15, -0.1) is 0 Å². The molecule has 0 aromatic carbocycles. The largest absolute Gasteiger partial charge is 0.465 e. The summed E-state index contributed by atoms with van der Waals surface area (Å²) in [4.78, 5) is 11.2. The molecule has 1 unspecified atom stereocenters. The van der Waals surface area contributed by atoms with Crippen molar-refractivity contribution in [2.24, 2.45) is 0 Å². The van der Waals surface area contributed by atoms with Gasteiger partial charge in [0.15, 0.2) is 15.1 Å². The van der Waals surface area contributed by atoms with Crippen molar-refractivity contribution >= 4 is 15.8 Å². The third kappa shape index (κ3) is 3.34. The summed E-state index contributed by atoms with van der Waals surface area (Å²) in [6.45, 7) is 3.30. The maximum atomic E-state index is 11.4. The van der Waals surface area contributed by atoms with E-state index in [1.165, 1.54) is 6.07 Å². The first-order valence-corrected chi connectivity index (χ1v) is 5.96. The maximum Gasteiger partial charge on any atom is 0.324 e. The quantitative estimate of drug-likeness (QED) is 0.619. The Kier molecular flexibility index (Phi) is 5.16. The summed E-state index contributed by atoms with van der Waals surface area (Å²) < 4.78 is 27.3. The van der Waals surface area contributed by atoms with E-state index in [1.807, 2.05) is 0 Å². The molecule has 0 aromatic heterocycles. The highest BCUT2D eigenvalue weighted by atomic mass is 32.2. The molecule has 80 valence electrons. The summed E-state index contributed by atoms with van der Waals surface area (Å²) in [6, 6.07) is 1.52. The van der Waals surface area contributed by atoms with E-state index in [1.54, 1.807) is 13.8 Å². The number of rotatable bonds is 5. The lowest BCUT2D eigenvalue weighted by Crippen LogP contribution is -2.33. The number of nitriles is 1. The molecule has 0 aromatic rings. The van der Waals surface area contributed by atoms with E-state index in [0.717, 1.165) is 0 Å². The average molecular weight is 219 g/mol. The van der Waals surface area contributed by atoms with Gasteiger partial charge in [0.25, 0.3) is 0 Å². The van der Waals surface area contributed by atoms with Crippen molar-refractivity contribution in [3.05, 3.63) is 0 Å². The number of esters is 1. The zero-order valence-corrected chi connectivity index (χ0v) is 9.00. The molecule has 6 heteroatoms. The lowest BCUT2D eigenvalue weighted by molar-refractivity contribution is -0.142. The molecule has 0 fully saturated rings. The second-order valence-electron chi connectivity index (χ2n) is 2.61. The summed E-state index contributed by atoms with van der Waals surface area (Å²) in [5, 5.41) is 7.07. The van der Waals surface area contributed by atoms with Crippen molar-refractivity contribution in [2.45, 2.75) is 25.5 Å². The molecular weight excluding hydrogens is 206 g/mol. The lowest BCUT2D eigenvalue weighted by atomic mass is 10.3. The van der Waals surface area contributed by atoms with Crippen LogP contribution in [0.4, 0.5) is 0 Å². The first-order valence-electron chi connectivity index (χ1n) is 4.24. The minimum atomic E-state index is -3.68. The molecule has 0 bridgehead atoms. The molecule has 1 atom stereocenters. The fourth-order valence-electron chi connectivity index (χ4n) is 0.993. The Morgan fingerprint density at radius 2 is 2.07 bits per heavy atom. The molecule has 0 N–H and O–H groups in total. The van der Waals surface area contributed by atoms with Crippen molar-refractivity contribution in [1.82, 2.24) is 0 Å². The van der Waals surface area contributed by atoms with E-state index in [2.05, 4.69) is 4.74 Å². The smallest absolute Gasteiger partial charge is 0.324 e. The van der Waals surface area contributed by atoms with Gasteiger partial charge in [-0.05, 0) is 13.3 Å². The fourth-order valence-corrected chi connectivity index (χ4v) is 2.24. The third-order valence-electron chi connectivity index (χ3n) is 1.62. The number of hydrogen-bond donors (Lipinski definition) is 0. The summed E-state index contributed by atoms with van der Waals surface area (Å²) in [6.07, 6.45) is 0.128. The van der Waals surface area contributed by atoms with E-state index in [0.29, 0.717) is 0 Å². The van der Waals surface area contributed by atoms with Crippen molar-refractivity contribution in [1.29, 1.82) is 5.26 Å². The van der Waals surface area contributed by atoms with E-state index in [4.69, 9.17) is 5.26 Å². The van der Waals surface area contributed by atoms with E-state index in [9.17, 15) is 13.2 Å². The summed E-state index contributed by atoms with van der Waals surface area (Å²) in [5.74, 6) is -1.42. The zero-order valence-electron chi connectivity index (χ0n) is 8.19. The molecule has 0 rings (SSSR count). The van der Waals surface area contributed by atoms with Crippen molar-refractivity contribution in [2.75, 3.05) is 12.4 Å². The Bertz CT molecular complexity index is 328. The molecule has 0 radical (unpaired) electrons. The predicted octanol–water partition coefficient (Wildman–Crippen LogP) is 0.266. The minimum absolute atomic E-state index is 0.128. The first kappa shape index (κ1) is 12.9. The highest BCUT2D eigenvalue weighted by molar-refractivity contribution is 7.92. The van der Waals surface area contributed by atoms with Crippen molar-refractivity contribution < 1.29 is 17.9 Å². The molecule has 14 heavy (non-hydrogen) atoms. The van der Waals surface area contributed by atoms with Crippen molar-refractivity contribution in [3.8, 4) is 6.07 Å². The normalized spacial score (nSPS) is 12.9. The summed E-state index contributed by atoms with van der Waals surface area (Å²) >= 11 is 0. The molecule has 0 saturated heterocycles. The minimum Gasteiger partial charge on any atom is -0.465 e. The van der Waals surface area contributed by atoms with Crippen LogP contribution in [0.2, 0.25) is 0 Å². The van der Waals surface area contributed by atoms with Crippen LogP contribution in [0.5, 0.6) is 0 Å². The van der Waals surface area contributed by atoms with Gasteiger partial charge in [-0.3, -0.25) is 4.79 Å². The Hall–Kier alpha value is -1.09. The summed E-state index contributed by atoms with van der Waals surface area (Å²) in [5.41, 5.74) is 0. The van der Waals surface area contributed by atoms with Gasteiger partial charge in [-0.2, -0.15) is 5.26 Å². The van der Waals surface area contributed by atoms with Crippen LogP contribution in [0.1, 0.15) is 20.3 Å². The van der Waals surface area contributed by atoms with Crippen LogP contribution in [0.3, 0.4) is 0 Å². The van der Waals surface area contributed by atoms with Gasteiger partial charge in [0.2, 0.25) is 0 Å². The molecule has 0 aliphatic carbocycles. The monoisotopic (exact) mass is 219 g/mol. The first-order chi connectivity index (χ1) is 6.49.